The molecule has 1 heterocycles. The van der Waals surface area contributed by atoms with E-state index >= 15 is 0 Å². The highest BCUT2D eigenvalue weighted by molar-refractivity contribution is 4.74. The first-order chi connectivity index (χ1) is 4.43. The van der Waals surface area contributed by atoms with Crippen LogP contribution >= 0.6 is 0 Å². The number of rotatable bonds is 2. The predicted octanol–water partition coefficient (Wildman–Crippen LogP) is 1.34. The minimum absolute atomic E-state index is 0.507. The van der Waals surface area contributed by atoms with E-state index in [1.807, 2.05) is 6.08 Å². The van der Waals surface area contributed by atoms with Crippen molar-refractivity contribution in [3.05, 3.63) is 19.4 Å². The average molecular weight is 127 g/mol. The van der Waals surface area contributed by atoms with Gasteiger partial charge >= 0.3 is 0 Å². The number of hydrogen-bond acceptors (Lipinski definition) is 2. The molecule has 0 bridgehead atoms. The van der Waals surface area contributed by atoms with Crippen LogP contribution in [0.4, 0.5) is 0 Å². The molecule has 0 aromatic heterocycles. The van der Waals surface area contributed by atoms with Crippen molar-refractivity contribution in [3.8, 4) is 0 Å². The maximum absolute atomic E-state index is 4.94. The van der Waals surface area contributed by atoms with E-state index in [2.05, 4.69) is 6.58 Å². The van der Waals surface area contributed by atoms with Gasteiger partial charge in [0.05, 0.1) is 13.2 Å². The molecule has 0 unspecified atom stereocenters. The summed E-state index contributed by atoms with van der Waals surface area (Å²) in [6.07, 6.45) is 2.87. The number of ether oxygens (including phenoxy) is 2. The van der Waals surface area contributed by atoms with Crippen LogP contribution in [-0.2, 0) is 9.47 Å². The summed E-state index contributed by atoms with van der Waals surface area (Å²) < 4.78 is 9.88. The van der Waals surface area contributed by atoms with Crippen molar-refractivity contribution in [1.82, 2.24) is 0 Å². The summed E-state index contributed by atoms with van der Waals surface area (Å²) in [4.78, 5) is 0. The van der Waals surface area contributed by atoms with Gasteiger partial charge < -0.3 is 9.47 Å². The molecule has 0 aromatic carbocycles. The topological polar surface area (TPSA) is 18.5 Å². The Hall–Kier alpha value is -0.340. The highest BCUT2D eigenvalue weighted by Gasteiger charge is 2.11. The fourth-order valence-corrected chi connectivity index (χ4v) is 0.819. The molecule has 1 fully saturated rings. The Morgan fingerprint density at radius 2 is 2.22 bits per heavy atom. The molecular weight excluding hydrogens is 116 g/mol. The van der Waals surface area contributed by atoms with Crippen molar-refractivity contribution in [2.24, 2.45) is 5.92 Å². The van der Waals surface area contributed by atoms with E-state index in [1.165, 1.54) is 6.79 Å². The van der Waals surface area contributed by atoms with Crippen molar-refractivity contribution in [3.63, 3.8) is 0 Å². The van der Waals surface area contributed by atoms with Crippen LogP contribution in [-0.4, -0.2) is 13.2 Å². The van der Waals surface area contributed by atoms with E-state index in [9.17, 15) is 0 Å². The summed E-state index contributed by atoms with van der Waals surface area (Å²) in [7, 11) is 0. The summed E-state index contributed by atoms with van der Waals surface area (Å²) in [6.45, 7) is 6.58. The third-order valence-corrected chi connectivity index (χ3v) is 1.30. The summed E-state index contributed by atoms with van der Waals surface area (Å²) in [5.41, 5.74) is 0. The Kier molecular flexibility index (Phi) is 2.74. The van der Waals surface area contributed by atoms with Gasteiger partial charge in [-0.05, 0) is 6.42 Å². The van der Waals surface area contributed by atoms with Gasteiger partial charge in [0.25, 0.3) is 0 Å². The lowest BCUT2D eigenvalue weighted by Crippen LogP contribution is -2.20. The van der Waals surface area contributed by atoms with Crippen LogP contribution in [0, 0.1) is 12.7 Å². The molecule has 51 valence electrons. The lowest BCUT2D eigenvalue weighted by atomic mass is 10.1. The van der Waals surface area contributed by atoms with Crippen LogP contribution in [0.2, 0.25) is 0 Å². The lowest BCUT2D eigenvalue weighted by Gasteiger charge is -2.19. The van der Waals surface area contributed by atoms with Crippen molar-refractivity contribution in [2.45, 2.75) is 6.42 Å². The first-order valence-corrected chi connectivity index (χ1v) is 3.09. The van der Waals surface area contributed by atoms with Crippen molar-refractivity contribution >= 4 is 0 Å². The van der Waals surface area contributed by atoms with Crippen molar-refractivity contribution in [1.29, 1.82) is 0 Å². The van der Waals surface area contributed by atoms with Crippen LogP contribution in [0.15, 0.2) is 12.7 Å². The molecule has 0 aromatic rings. The smallest absolute Gasteiger partial charge is 0.209 e. The standard InChI is InChI=1S/C7H11O2/c1-2-3-7-4-8-6-9-5-7/h2,6-7H,1,3-5H2. The fourth-order valence-electron chi connectivity index (χ4n) is 0.819. The van der Waals surface area contributed by atoms with Crippen molar-refractivity contribution < 1.29 is 9.47 Å². The molecule has 0 aliphatic carbocycles. The Balaban J connectivity index is 2.15. The number of allylic oxidation sites excluding steroid dienone is 1. The minimum Gasteiger partial charge on any atom is -0.348 e. The second-order valence-electron chi connectivity index (χ2n) is 2.15. The normalized spacial score (nSPS) is 21.8. The largest absolute Gasteiger partial charge is 0.348 e. The average Bonchev–Trinajstić information content (AvgIpc) is 1.91. The second kappa shape index (κ2) is 3.64. The van der Waals surface area contributed by atoms with Crippen LogP contribution in [0.1, 0.15) is 6.42 Å². The highest BCUT2D eigenvalue weighted by atomic mass is 16.7. The van der Waals surface area contributed by atoms with E-state index in [0.29, 0.717) is 5.92 Å². The molecule has 0 N–H and O–H groups in total. The van der Waals surface area contributed by atoms with Gasteiger partial charge in [-0.25, -0.2) is 0 Å². The Morgan fingerprint density at radius 1 is 1.56 bits per heavy atom. The summed E-state index contributed by atoms with van der Waals surface area (Å²) in [5.74, 6) is 0.507. The van der Waals surface area contributed by atoms with E-state index in [4.69, 9.17) is 9.47 Å². The van der Waals surface area contributed by atoms with Gasteiger partial charge in [-0.3, -0.25) is 0 Å². The van der Waals surface area contributed by atoms with Crippen LogP contribution < -0.4 is 0 Å². The molecule has 1 rings (SSSR count). The zero-order valence-corrected chi connectivity index (χ0v) is 5.38. The summed E-state index contributed by atoms with van der Waals surface area (Å²) in [5, 5.41) is 0. The van der Waals surface area contributed by atoms with Gasteiger partial charge in [0, 0.05) is 5.92 Å². The number of hydrogen-bond donors (Lipinski definition) is 0. The zero-order valence-electron chi connectivity index (χ0n) is 5.38. The van der Waals surface area contributed by atoms with Gasteiger partial charge in [-0.2, -0.15) is 0 Å². The lowest BCUT2D eigenvalue weighted by molar-refractivity contribution is -0.0617. The Morgan fingerprint density at radius 3 is 2.78 bits per heavy atom. The molecule has 1 radical (unpaired) electrons. The van der Waals surface area contributed by atoms with Gasteiger partial charge in [0.1, 0.15) is 0 Å². The summed E-state index contributed by atoms with van der Waals surface area (Å²) >= 11 is 0. The molecule has 0 atom stereocenters. The first-order valence-electron chi connectivity index (χ1n) is 3.09. The molecule has 9 heavy (non-hydrogen) atoms. The van der Waals surface area contributed by atoms with Crippen LogP contribution in [0.3, 0.4) is 0 Å². The van der Waals surface area contributed by atoms with E-state index in [0.717, 1.165) is 19.6 Å². The van der Waals surface area contributed by atoms with E-state index in [-0.39, 0.29) is 0 Å². The molecule has 2 nitrogen and oxygen atoms in total. The maximum atomic E-state index is 4.94. The SMILES string of the molecule is C=CCC1CO[CH]OC1. The highest BCUT2D eigenvalue weighted by Crippen LogP contribution is 2.11. The Bertz CT molecular complexity index is 84.9. The van der Waals surface area contributed by atoms with Crippen molar-refractivity contribution in [2.75, 3.05) is 13.2 Å². The predicted molar refractivity (Wildman–Crippen MR) is 34.5 cm³/mol. The first kappa shape index (κ1) is 6.78. The quantitative estimate of drug-likeness (QED) is 0.521. The van der Waals surface area contributed by atoms with E-state index in [1.54, 1.807) is 0 Å². The molecule has 2 heteroatoms. The third kappa shape index (κ3) is 2.16. The molecule has 1 saturated heterocycles. The van der Waals surface area contributed by atoms with Crippen LogP contribution in [0.5, 0.6) is 0 Å². The molecule has 1 aliphatic heterocycles. The third-order valence-electron chi connectivity index (χ3n) is 1.30. The van der Waals surface area contributed by atoms with Gasteiger partial charge in [-0.15, -0.1) is 6.58 Å². The molecule has 1 aliphatic rings. The second-order valence-corrected chi connectivity index (χ2v) is 2.15. The van der Waals surface area contributed by atoms with Gasteiger partial charge in [0.2, 0.25) is 6.79 Å². The molecular formula is C7H11O2. The molecule has 0 saturated carbocycles. The Labute approximate surface area is 55.5 Å². The molecule has 0 amide bonds. The summed E-state index contributed by atoms with van der Waals surface area (Å²) in [6, 6.07) is 0. The minimum atomic E-state index is 0.507. The van der Waals surface area contributed by atoms with E-state index < -0.39 is 0 Å². The zero-order chi connectivity index (χ0) is 6.53. The monoisotopic (exact) mass is 127 g/mol. The van der Waals surface area contributed by atoms with Gasteiger partial charge in [0.15, 0.2) is 0 Å². The fraction of sp³-hybridized carbons (Fsp3) is 0.571. The molecule has 0 spiro atoms. The maximum Gasteiger partial charge on any atom is 0.209 e. The van der Waals surface area contributed by atoms with Crippen LogP contribution in [0.25, 0.3) is 0 Å². The van der Waals surface area contributed by atoms with Gasteiger partial charge in [-0.1, -0.05) is 6.08 Å².